The molecule has 0 N–H and O–H groups in total. The average Bonchev–Trinajstić information content (AvgIpc) is 3.01. The van der Waals surface area contributed by atoms with Crippen LogP contribution < -0.4 is 0 Å². The van der Waals surface area contributed by atoms with Crippen molar-refractivity contribution in [3.8, 4) is 0 Å². The lowest BCUT2D eigenvalue weighted by Gasteiger charge is -2.32. The SMILES string of the molecule is CCOCC(=O)N1Cc2nnn(C)c2[C@@H](COCc2ccccn2)C1. The summed E-state index contributed by atoms with van der Waals surface area (Å²) in [5.41, 5.74) is 2.73. The lowest BCUT2D eigenvalue weighted by atomic mass is 9.99. The van der Waals surface area contributed by atoms with Gasteiger partial charge in [0.1, 0.15) is 12.3 Å². The van der Waals surface area contributed by atoms with Gasteiger partial charge in [-0.1, -0.05) is 11.3 Å². The minimum Gasteiger partial charge on any atom is -0.374 e. The molecule has 1 atom stereocenters. The predicted molar refractivity (Wildman–Crippen MR) is 89.5 cm³/mol. The molecule has 0 aliphatic carbocycles. The van der Waals surface area contributed by atoms with E-state index in [1.54, 1.807) is 15.8 Å². The normalized spacial score (nSPS) is 16.7. The largest absolute Gasteiger partial charge is 0.374 e. The van der Waals surface area contributed by atoms with Crippen LogP contribution in [0.2, 0.25) is 0 Å². The molecule has 0 unspecified atom stereocenters. The Balaban J connectivity index is 1.66. The Kier molecular flexibility index (Phi) is 5.72. The molecule has 0 spiro atoms. The summed E-state index contributed by atoms with van der Waals surface area (Å²) in [6.07, 6.45) is 1.75. The van der Waals surface area contributed by atoms with E-state index >= 15 is 0 Å². The molecule has 3 heterocycles. The Morgan fingerprint density at radius 3 is 3.00 bits per heavy atom. The Bertz CT molecular complexity index is 704. The van der Waals surface area contributed by atoms with Crippen LogP contribution >= 0.6 is 0 Å². The minimum atomic E-state index is -0.0344. The van der Waals surface area contributed by atoms with Crippen LogP contribution in [0.5, 0.6) is 0 Å². The maximum absolute atomic E-state index is 12.3. The zero-order valence-corrected chi connectivity index (χ0v) is 14.6. The van der Waals surface area contributed by atoms with Crippen LogP contribution in [0, 0.1) is 0 Å². The first-order valence-electron chi connectivity index (χ1n) is 8.40. The molecule has 0 saturated heterocycles. The van der Waals surface area contributed by atoms with E-state index in [0.717, 1.165) is 17.1 Å². The van der Waals surface area contributed by atoms with Gasteiger partial charge >= 0.3 is 0 Å². The fraction of sp³-hybridized carbons (Fsp3) is 0.529. The standard InChI is InChI=1S/C17H23N5O3/c1-3-24-12-16(23)22-8-13(17-15(9-22)19-20-21(17)2)10-25-11-14-6-4-5-7-18-14/h4-7,13H,3,8-12H2,1-2H3/t13-/m1/s1. The number of amides is 1. The second-order valence-electron chi connectivity index (χ2n) is 5.99. The van der Waals surface area contributed by atoms with Gasteiger partial charge in [0, 0.05) is 32.3 Å². The fourth-order valence-corrected chi connectivity index (χ4v) is 3.01. The van der Waals surface area contributed by atoms with Gasteiger partial charge in [-0.3, -0.25) is 14.5 Å². The number of aromatic nitrogens is 4. The van der Waals surface area contributed by atoms with E-state index in [4.69, 9.17) is 9.47 Å². The third-order valence-electron chi connectivity index (χ3n) is 4.19. The van der Waals surface area contributed by atoms with Crippen LogP contribution in [-0.4, -0.2) is 57.2 Å². The zero-order valence-electron chi connectivity index (χ0n) is 14.6. The number of fused-ring (bicyclic) bond motifs is 1. The second kappa shape index (κ2) is 8.17. The molecule has 134 valence electrons. The first-order chi connectivity index (χ1) is 12.2. The van der Waals surface area contributed by atoms with Gasteiger partial charge in [-0.05, 0) is 19.1 Å². The van der Waals surface area contributed by atoms with E-state index in [1.165, 1.54) is 0 Å². The summed E-state index contributed by atoms with van der Waals surface area (Å²) >= 11 is 0. The average molecular weight is 345 g/mol. The monoisotopic (exact) mass is 345 g/mol. The van der Waals surface area contributed by atoms with Crippen molar-refractivity contribution in [2.24, 2.45) is 7.05 Å². The summed E-state index contributed by atoms with van der Waals surface area (Å²) in [5.74, 6) is -0.00841. The first kappa shape index (κ1) is 17.5. The van der Waals surface area contributed by atoms with Crippen molar-refractivity contribution in [2.45, 2.75) is 26.0 Å². The number of aryl methyl sites for hydroxylation is 1. The van der Waals surface area contributed by atoms with E-state index in [2.05, 4.69) is 15.3 Å². The predicted octanol–water partition coefficient (Wildman–Crippen LogP) is 0.889. The third kappa shape index (κ3) is 4.21. The summed E-state index contributed by atoms with van der Waals surface area (Å²) in [7, 11) is 1.87. The van der Waals surface area contributed by atoms with Crippen molar-refractivity contribution >= 4 is 5.91 Å². The highest BCUT2D eigenvalue weighted by molar-refractivity contribution is 5.77. The lowest BCUT2D eigenvalue weighted by molar-refractivity contribution is -0.137. The molecule has 8 heteroatoms. The van der Waals surface area contributed by atoms with E-state index in [0.29, 0.717) is 32.9 Å². The van der Waals surface area contributed by atoms with Crippen molar-refractivity contribution in [1.82, 2.24) is 24.9 Å². The number of carbonyl (C=O) groups excluding carboxylic acids is 1. The van der Waals surface area contributed by atoms with E-state index < -0.39 is 0 Å². The number of hydrogen-bond donors (Lipinski definition) is 0. The number of pyridine rings is 1. The Morgan fingerprint density at radius 1 is 1.36 bits per heavy atom. The summed E-state index contributed by atoms with van der Waals surface area (Å²) < 4.78 is 12.9. The maximum atomic E-state index is 12.3. The van der Waals surface area contributed by atoms with Crippen LogP contribution in [0.1, 0.15) is 29.9 Å². The summed E-state index contributed by atoms with van der Waals surface area (Å²) in [6, 6.07) is 5.74. The molecule has 3 rings (SSSR count). The van der Waals surface area contributed by atoms with Crippen molar-refractivity contribution in [2.75, 3.05) is 26.4 Å². The van der Waals surface area contributed by atoms with Gasteiger partial charge in [0.25, 0.3) is 0 Å². The van der Waals surface area contributed by atoms with Crippen molar-refractivity contribution in [3.05, 3.63) is 41.5 Å². The Hall–Kier alpha value is -2.32. The van der Waals surface area contributed by atoms with Crippen LogP contribution in [0.3, 0.4) is 0 Å². The molecule has 0 aromatic carbocycles. The Morgan fingerprint density at radius 2 is 2.24 bits per heavy atom. The number of nitrogens with zero attached hydrogens (tertiary/aromatic N) is 5. The molecule has 0 saturated carbocycles. The zero-order chi connectivity index (χ0) is 17.6. The van der Waals surface area contributed by atoms with Crippen LogP contribution in [-0.2, 0) is 34.5 Å². The lowest BCUT2D eigenvalue weighted by Crippen LogP contribution is -2.41. The topological polar surface area (TPSA) is 82.4 Å². The molecule has 2 aromatic rings. The third-order valence-corrected chi connectivity index (χ3v) is 4.19. The minimum absolute atomic E-state index is 0.0260. The van der Waals surface area contributed by atoms with Gasteiger partial charge in [0.05, 0.1) is 31.1 Å². The van der Waals surface area contributed by atoms with E-state index in [1.807, 2.05) is 32.2 Å². The van der Waals surface area contributed by atoms with Gasteiger partial charge in [-0.2, -0.15) is 0 Å². The number of hydrogen-bond acceptors (Lipinski definition) is 6. The van der Waals surface area contributed by atoms with Crippen LogP contribution in [0.4, 0.5) is 0 Å². The van der Waals surface area contributed by atoms with Crippen LogP contribution in [0.25, 0.3) is 0 Å². The molecule has 0 bridgehead atoms. The highest BCUT2D eigenvalue weighted by Crippen LogP contribution is 2.27. The second-order valence-corrected chi connectivity index (χ2v) is 5.99. The van der Waals surface area contributed by atoms with Gasteiger partial charge < -0.3 is 14.4 Å². The molecule has 2 aromatic heterocycles. The molecule has 0 radical (unpaired) electrons. The summed E-state index contributed by atoms with van der Waals surface area (Å²) in [5, 5.41) is 8.30. The maximum Gasteiger partial charge on any atom is 0.248 e. The molecule has 8 nitrogen and oxygen atoms in total. The molecule has 1 amide bonds. The van der Waals surface area contributed by atoms with Gasteiger partial charge in [0.15, 0.2) is 0 Å². The molecule has 1 aliphatic rings. The quantitative estimate of drug-likeness (QED) is 0.741. The summed E-state index contributed by atoms with van der Waals surface area (Å²) in [6.45, 7) is 4.43. The molecule has 25 heavy (non-hydrogen) atoms. The highest BCUT2D eigenvalue weighted by Gasteiger charge is 2.32. The Labute approximate surface area is 146 Å². The number of rotatable bonds is 7. The van der Waals surface area contributed by atoms with E-state index in [9.17, 15) is 4.79 Å². The van der Waals surface area contributed by atoms with Crippen molar-refractivity contribution in [3.63, 3.8) is 0 Å². The van der Waals surface area contributed by atoms with Crippen molar-refractivity contribution < 1.29 is 14.3 Å². The number of carbonyl (C=O) groups is 1. The fourth-order valence-electron chi connectivity index (χ4n) is 3.01. The highest BCUT2D eigenvalue weighted by atomic mass is 16.5. The van der Waals surface area contributed by atoms with Gasteiger partial charge in [-0.15, -0.1) is 5.10 Å². The van der Waals surface area contributed by atoms with Gasteiger partial charge in [-0.25, -0.2) is 0 Å². The number of ether oxygens (including phenoxy) is 2. The first-order valence-corrected chi connectivity index (χ1v) is 8.40. The summed E-state index contributed by atoms with van der Waals surface area (Å²) in [4.78, 5) is 18.3. The smallest absolute Gasteiger partial charge is 0.248 e. The molecule has 0 fully saturated rings. The van der Waals surface area contributed by atoms with E-state index in [-0.39, 0.29) is 18.4 Å². The van der Waals surface area contributed by atoms with Crippen molar-refractivity contribution in [1.29, 1.82) is 0 Å². The molecular formula is C17H23N5O3. The molecule has 1 aliphatic heterocycles. The molecular weight excluding hydrogens is 322 g/mol. The van der Waals surface area contributed by atoms with Gasteiger partial charge in [0.2, 0.25) is 5.91 Å². The van der Waals surface area contributed by atoms with Crippen LogP contribution in [0.15, 0.2) is 24.4 Å².